The van der Waals surface area contributed by atoms with E-state index >= 15 is 0 Å². The summed E-state index contributed by atoms with van der Waals surface area (Å²) >= 11 is 3.45. The lowest BCUT2D eigenvalue weighted by Crippen LogP contribution is -2.18. The van der Waals surface area contributed by atoms with Crippen LogP contribution in [-0.2, 0) is 0 Å². The molecule has 1 aliphatic carbocycles. The number of carbonyl (C=O) groups is 1. The second-order valence-corrected chi connectivity index (χ2v) is 6.10. The van der Waals surface area contributed by atoms with E-state index in [0.29, 0.717) is 6.61 Å². The van der Waals surface area contributed by atoms with Crippen LogP contribution in [0.5, 0.6) is 5.75 Å². The largest absolute Gasteiger partial charge is 0.493 e. The van der Waals surface area contributed by atoms with Gasteiger partial charge in [0.2, 0.25) is 0 Å². The SMILES string of the molecule is CCCOc1ccc(Br)cc1C(=O)C1CCCCC1. The van der Waals surface area contributed by atoms with Crippen molar-refractivity contribution in [2.24, 2.45) is 5.92 Å². The van der Waals surface area contributed by atoms with Crippen LogP contribution in [0.15, 0.2) is 22.7 Å². The van der Waals surface area contributed by atoms with Gasteiger partial charge in [-0.25, -0.2) is 0 Å². The van der Waals surface area contributed by atoms with Gasteiger partial charge in [0.05, 0.1) is 12.2 Å². The standard InChI is InChI=1S/C16H21BrO2/c1-2-10-19-15-9-8-13(17)11-14(15)16(18)12-6-4-3-5-7-12/h8-9,11-12H,2-7,10H2,1H3. The Labute approximate surface area is 123 Å². The fourth-order valence-electron chi connectivity index (χ4n) is 2.62. The van der Waals surface area contributed by atoms with Crippen molar-refractivity contribution >= 4 is 21.7 Å². The van der Waals surface area contributed by atoms with Gasteiger partial charge in [-0.2, -0.15) is 0 Å². The van der Waals surface area contributed by atoms with Crippen molar-refractivity contribution in [2.75, 3.05) is 6.61 Å². The van der Waals surface area contributed by atoms with Crippen LogP contribution >= 0.6 is 15.9 Å². The molecule has 1 aliphatic rings. The number of hydrogen-bond donors (Lipinski definition) is 0. The Morgan fingerprint density at radius 2 is 2.05 bits per heavy atom. The lowest BCUT2D eigenvalue weighted by atomic mass is 9.83. The van der Waals surface area contributed by atoms with Crippen molar-refractivity contribution in [1.82, 2.24) is 0 Å². The first-order chi connectivity index (χ1) is 9.22. The Morgan fingerprint density at radius 1 is 1.32 bits per heavy atom. The van der Waals surface area contributed by atoms with Gasteiger partial charge in [-0.3, -0.25) is 4.79 Å². The van der Waals surface area contributed by atoms with Crippen LogP contribution in [-0.4, -0.2) is 12.4 Å². The van der Waals surface area contributed by atoms with Crippen molar-refractivity contribution in [3.63, 3.8) is 0 Å². The summed E-state index contributed by atoms with van der Waals surface area (Å²) < 4.78 is 6.65. The predicted molar refractivity (Wildman–Crippen MR) is 80.8 cm³/mol. The Morgan fingerprint density at radius 3 is 2.74 bits per heavy atom. The molecular formula is C16H21BrO2. The number of hydrogen-bond acceptors (Lipinski definition) is 2. The highest BCUT2D eigenvalue weighted by atomic mass is 79.9. The first-order valence-corrected chi connectivity index (χ1v) is 7.98. The second kappa shape index (κ2) is 7.09. The number of halogens is 1. The third kappa shape index (κ3) is 3.82. The van der Waals surface area contributed by atoms with Gasteiger partial charge in [0.25, 0.3) is 0 Å². The molecule has 2 nitrogen and oxygen atoms in total. The molecule has 1 saturated carbocycles. The Hall–Kier alpha value is -0.830. The normalized spacial score (nSPS) is 16.3. The summed E-state index contributed by atoms with van der Waals surface area (Å²) in [5, 5.41) is 0. The van der Waals surface area contributed by atoms with Crippen LogP contribution in [0.4, 0.5) is 0 Å². The predicted octanol–water partition coefficient (Wildman–Crippen LogP) is 5.00. The van der Waals surface area contributed by atoms with Crippen LogP contribution in [0.2, 0.25) is 0 Å². The van der Waals surface area contributed by atoms with Gasteiger partial charge in [-0.15, -0.1) is 0 Å². The van der Waals surface area contributed by atoms with Gasteiger partial charge >= 0.3 is 0 Å². The van der Waals surface area contributed by atoms with E-state index < -0.39 is 0 Å². The molecule has 0 bridgehead atoms. The highest BCUT2D eigenvalue weighted by Gasteiger charge is 2.25. The van der Waals surface area contributed by atoms with E-state index in [-0.39, 0.29) is 11.7 Å². The summed E-state index contributed by atoms with van der Waals surface area (Å²) in [6.45, 7) is 2.73. The van der Waals surface area contributed by atoms with Crippen molar-refractivity contribution in [2.45, 2.75) is 45.4 Å². The van der Waals surface area contributed by atoms with Gasteiger partial charge in [0.15, 0.2) is 5.78 Å². The van der Waals surface area contributed by atoms with Gasteiger partial charge in [0.1, 0.15) is 5.75 Å². The Balaban J connectivity index is 2.20. The maximum Gasteiger partial charge on any atom is 0.169 e. The smallest absolute Gasteiger partial charge is 0.169 e. The van der Waals surface area contributed by atoms with Crippen LogP contribution in [0.1, 0.15) is 55.8 Å². The summed E-state index contributed by atoms with van der Waals surface area (Å²) in [6, 6.07) is 5.74. The molecule has 0 spiro atoms. The minimum Gasteiger partial charge on any atom is -0.493 e. The van der Waals surface area contributed by atoms with E-state index in [2.05, 4.69) is 22.9 Å². The van der Waals surface area contributed by atoms with Crippen molar-refractivity contribution in [3.05, 3.63) is 28.2 Å². The monoisotopic (exact) mass is 324 g/mol. The fraction of sp³-hybridized carbons (Fsp3) is 0.562. The minimum atomic E-state index is 0.187. The van der Waals surface area contributed by atoms with Gasteiger partial charge < -0.3 is 4.74 Å². The molecule has 19 heavy (non-hydrogen) atoms. The summed E-state index contributed by atoms with van der Waals surface area (Å²) in [5.41, 5.74) is 0.745. The molecule has 1 fully saturated rings. The molecule has 1 aromatic rings. The Bertz CT molecular complexity index is 436. The first-order valence-electron chi connectivity index (χ1n) is 7.19. The lowest BCUT2D eigenvalue weighted by Gasteiger charge is -2.21. The van der Waals surface area contributed by atoms with E-state index in [1.165, 1.54) is 19.3 Å². The fourth-order valence-corrected chi connectivity index (χ4v) is 2.98. The minimum absolute atomic E-state index is 0.187. The summed E-state index contributed by atoms with van der Waals surface area (Å²) in [5.74, 6) is 1.18. The molecule has 0 heterocycles. The van der Waals surface area contributed by atoms with E-state index in [1.54, 1.807) is 0 Å². The molecule has 0 atom stereocenters. The number of rotatable bonds is 5. The molecule has 0 aliphatic heterocycles. The zero-order valence-electron chi connectivity index (χ0n) is 11.5. The zero-order chi connectivity index (χ0) is 13.7. The molecule has 1 aromatic carbocycles. The number of ketones is 1. The third-order valence-corrected chi connectivity index (χ3v) is 4.14. The molecule has 3 heteroatoms. The third-order valence-electron chi connectivity index (χ3n) is 3.64. The van der Waals surface area contributed by atoms with Crippen molar-refractivity contribution in [1.29, 1.82) is 0 Å². The topological polar surface area (TPSA) is 26.3 Å². The molecule has 2 rings (SSSR count). The quantitative estimate of drug-likeness (QED) is 0.712. The highest BCUT2D eigenvalue weighted by molar-refractivity contribution is 9.10. The summed E-state index contributed by atoms with van der Waals surface area (Å²) in [7, 11) is 0. The van der Waals surface area contributed by atoms with Crippen LogP contribution < -0.4 is 4.74 Å². The van der Waals surface area contributed by atoms with E-state index in [0.717, 1.165) is 35.0 Å². The first kappa shape index (κ1) is 14.6. The van der Waals surface area contributed by atoms with Crippen LogP contribution in [0, 0.1) is 5.92 Å². The summed E-state index contributed by atoms with van der Waals surface area (Å²) in [6.07, 6.45) is 6.62. The molecule has 0 amide bonds. The molecule has 0 N–H and O–H groups in total. The molecule has 0 saturated heterocycles. The van der Waals surface area contributed by atoms with E-state index in [1.807, 2.05) is 18.2 Å². The average molecular weight is 325 g/mol. The maximum atomic E-state index is 12.6. The number of Topliss-reactive ketones (excluding diaryl/α,β-unsaturated/α-hetero) is 1. The molecule has 0 unspecified atom stereocenters. The maximum absolute atomic E-state index is 12.6. The molecule has 104 valence electrons. The van der Waals surface area contributed by atoms with Gasteiger partial charge in [-0.05, 0) is 37.5 Å². The molecular weight excluding hydrogens is 304 g/mol. The van der Waals surface area contributed by atoms with E-state index in [9.17, 15) is 4.79 Å². The van der Waals surface area contributed by atoms with Crippen molar-refractivity contribution < 1.29 is 9.53 Å². The van der Waals surface area contributed by atoms with Crippen LogP contribution in [0.3, 0.4) is 0 Å². The Kier molecular flexibility index (Phi) is 5.44. The average Bonchev–Trinajstić information content (AvgIpc) is 2.46. The number of ether oxygens (including phenoxy) is 1. The second-order valence-electron chi connectivity index (χ2n) is 5.19. The van der Waals surface area contributed by atoms with Crippen molar-refractivity contribution in [3.8, 4) is 5.75 Å². The molecule has 0 aromatic heterocycles. The number of carbonyl (C=O) groups excluding carboxylic acids is 1. The van der Waals surface area contributed by atoms with E-state index in [4.69, 9.17) is 4.74 Å². The van der Waals surface area contributed by atoms with Crippen LogP contribution in [0.25, 0.3) is 0 Å². The molecule has 0 radical (unpaired) electrons. The van der Waals surface area contributed by atoms with Gasteiger partial charge in [0, 0.05) is 10.4 Å². The zero-order valence-corrected chi connectivity index (χ0v) is 13.0. The van der Waals surface area contributed by atoms with Gasteiger partial charge in [-0.1, -0.05) is 42.1 Å². The number of benzene rings is 1. The lowest BCUT2D eigenvalue weighted by molar-refractivity contribution is 0.0885. The summed E-state index contributed by atoms with van der Waals surface area (Å²) in [4.78, 5) is 12.6. The highest BCUT2D eigenvalue weighted by Crippen LogP contribution is 2.31.